The fraction of sp³-hybridized carbons (Fsp3) is 0.381. The maximum absolute atomic E-state index is 12.5. The van der Waals surface area contributed by atoms with E-state index in [1.165, 1.54) is 5.56 Å². The minimum Gasteiger partial charge on any atom is -0.376 e. The summed E-state index contributed by atoms with van der Waals surface area (Å²) in [5.74, 6) is 0.0824. The van der Waals surface area contributed by atoms with Crippen molar-refractivity contribution in [3.63, 3.8) is 0 Å². The first-order chi connectivity index (χ1) is 12.3. The number of halogens is 1. The molecule has 0 aromatic heterocycles. The number of ether oxygens (including phenoxy) is 1. The summed E-state index contributed by atoms with van der Waals surface area (Å²) in [6, 6.07) is 18.0. The zero-order valence-corrected chi connectivity index (χ0v) is 15.8. The van der Waals surface area contributed by atoms with Crippen molar-refractivity contribution in [2.24, 2.45) is 5.73 Å². The third-order valence-electron chi connectivity index (χ3n) is 4.67. The minimum absolute atomic E-state index is 0. The number of nitrogens with two attached hydrogens (primary N) is 1. The van der Waals surface area contributed by atoms with Crippen molar-refractivity contribution < 1.29 is 9.53 Å². The lowest BCUT2D eigenvalue weighted by Crippen LogP contribution is -2.30. The highest BCUT2D eigenvalue weighted by Gasteiger charge is 2.27. The van der Waals surface area contributed by atoms with Crippen molar-refractivity contribution in [3.05, 3.63) is 71.3 Å². The molecule has 2 N–H and O–H groups in total. The summed E-state index contributed by atoms with van der Waals surface area (Å²) >= 11 is 0. The molecule has 1 atom stereocenters. The lowest BCUT2D eigenvalue weighted by atomic mass is 10.1. The van der Waals surface area contributed by atoms with Gasteiger partial charge in [-0.3, -0.25) is 4.79 Å². The third-order valence-corrected chi connectivity index (χ3v) is 4.67. The summed E-state index contributed by atoms with van der Waals surface area (Å²) in [7, 11) is 0. The summed E-state index contributed by atoms with van der Waals surface area (Å²) in [4.78, 5) is 14.4. The van der Waals surface area contributed by atoms with E-state index < -0.39 is 0 Å². The van der Waals surface area contributed by atoms with Crippen LogP contribution in [0.25, 0.3) is 0 Å². The van der Waals surface area contributed by atoms with Crippen LogP contribution in [0, 0.1) is 0 Å². The van der Waals surface area contributed by atoms with Crippen LogP contribution >= 0.6 is 12.4 Å². The Morgan fingerprint density at radius 2 is 1.81 bits per heavy atom. The normalized spacial score (nSPS) is 16.3. The molecule has 0 spiro atoms. The predicted octanol–water partition coefficient (Wildman–Crippen LogP) is 3.43. The lowest BCUT2D eigenvalue weighted by molar-refractivity contribution is 0.0525. The van der Waals surface area contributed by atoms with Crippen LogP contribution in [0.1, 0.15) is 34.3 Å². The standard InChI is InChI=1S/C21H26N2O2.ClH/c22-15-18-8-10-19(11-9-18)21(24)23-13-12-20(16-23)25-14-4-7-17-5-2-1-3-6-17;/h1-3,5-6,8-11,20H,4,7,12-16,22H2;1H. The average molecular weight is 375 g/mol. The summed E-state index contributed by atoms with van der Waals surface area (Å²) in [6.45, 7) is 2.69. The number of hydrogen-bond donors (Lipinski definition) is 1. The van der Waals surface area contributed by atoms with Gasteiger partial charge in [-0.15, -0.1) is 12.4 Å². The van der Waals surface area contributed by atoms with Crippen LogP contribution < -0.4 is 5.73 Å². The van der Waals surface area contributed by atoms with Gasteiger partial charge in [0.25, 0.3) is 5.91 Å². The van der Waals surface area contributed by atoms with Crippen molar-refractivity contribution >= 4 is 18.3 Å². The number of carbonyl (C=O) groups is 1. The highest BCUT2D eigenvalue weighted by molar-refractivity contribution is 5.94. The van der Waals surface area contributed by atoms with Crippen molar-refractivity contribution in [1.82, 2.24) is 4.90 Å². The highest BCUT2D eigenvalue weighted by Crippen LogP contribution is 2.17. The molecule has 3 rings (SSSR count). The molecule has 1 saturated heterocycles. The Morgan fingerprint density at radius 3 is 2.50 bits per heavy atom. The topological polar surface area (TPSA) is 55.6 Å². The van der Waals surface area contributed by atoms with Gasteiger partial charge in [0, 0.05) is 31.8 Å². The molecule has 1 aliphatic rings. The molecule has 2 aromatic rings. The van der Waals surface area contributed by atoms with Crippen LogP contribution in [0.15, 0.2) is 54.6 Å². The first kappa shape index (κ1) is 20.4. The number of hydrogen-bond acceptors (Lipinski definition) is 3. The molecule has 26 heavy (non-hydrogen) atoms. The van der Waals surface area contributed by atoms with Gasteiger partial charge in [-0.1, -0.05) is 42.5 Å². The van der Waals surface area contributed by atoms with Gasteiger partial charge in [0.1, 0.15) is 0 Å². The smallest absolute Gasteiger partial charge is 0.253 e. The Balaban J connectivity index is 0.00000243. The second-order valence-electron chi connectivity index (χ2n) is 6.52. The first-order valence-corrected chi connectivity index (χ1v) is 9.00. The van der Waals surface area contributed by atoms with Crippen LogP contribution in [-0.4, -0.2) is 36.6 Å². The van der Waals surface area contributed by atoms with Crippen LogP contribution in [0.2, 0.25) is 0 Å². The molecule has 5 heteroatoms. The molecule has 0 radical (unpaired) electrons. The van der Waals surface area contributed by atoms with E-state index in [2.05, 4.69) is 24.3 Å². The molecule has 0 aliphatic carbocycles. The van der Waals surface area contributed by atoms with E-state index in [1.54, 1.807) is 0 Å². The zero-order valence-electron chi connectivity index (χ0n) is 15.0. The first-order valence-electron chi connectivity index (χ1n) is 9.00. The summed E-state index contributed by atoms with van der Waals surface area (Å²) in [5.41, 5.74) is 8.71. The fourth-order valence-corrected chi connectivity index (χ4v) is 3.19. The van der Waals surface area contributed by atoms with Gasteiger partial charge in [-0.2, -0.15) is 0 Å². The maximum Gasteiger partial charge on any atom is 0.253 e. The van der Waals surface area contributed by atoms with E-state index in [4.69, 9.17) is 10.5 Å². The quantitative estimate of drug-likeness (QED) is 0.755. The van der Waals surface area contributed by atoms with Gasteiger partial charge in [0.2, 0.25) is 0 Å². The molecule has 1 unspecified atom stereocenters. The molecular formula is C21H27ClN2O2. The van der Waals surface area contributed by atoms with Gasteiger partial charge >= 0.3 is 0 Å². The maximum atomic E-state index is 12.5. The molecule has 4 nitrogen and oxygen atoms in total. The number of aryl methyl sites for hydroxylation is 1. The molecule has 1 aliphatic heterocycles. The summed E-state index contributed by atoms with van der Waals surface area (Å²) in [5, 5.41) is 0. The van der Waals surface area contributed by atoms with Crippen molar-refractivity contribution in [2.45, 2.75) is 31.9 Å². The largest absolute Gasteiger partial charge is 0.376 e. The summed E-state index contributed by atoms with van der Waals surface area (Å²) in [6.07, 6.45) is 3.11. The Hall–Kier alpha value is -1.88. The molecule has 140 valence electrons. The van der Waals surface area contributed by atoms with E-state index in [-0.39, 0.29) is 24.4 Å². The van der Waals surface area contributed by atoms with E-state index in [0.29, 0.717) is 13.1 Å². The van der Waals surface area contributed by atoms with Crippen LogP contribution in [0.3, 0.4) is 0 Å². The molecule has 0 saturated carbocycles. The van der Waals surface area contributed by atoms with E-state index in [9.17, 15) is 4.79 Å². The predicted molar refractivity (Wildman–Crippen MR) is 107 cm³/mol. The van der Waals surface area contributed by atoms with Crippen molar-refractivity contribution in [2.75, 3.05) is 19.7 Å². The number of amides is 1. The van der Waals surface area contributed by atoms with E-state index >= 15 is 0 Å². The fourth-order valence-electron chi connectivity index (χ4n) is 3.19. The zero-order chi connectivity index (χ0) is 17.5. The lowest BCUT2D eigenvalue weighted by Gasteiger charge is -2.17. The minimum atomic E-state index is 0. The Labute approximate surface area is 161 Å². The molecule has 0 bridgehead atoms. The van der Waals surface area contributed by atoms with Gasteiger partial charge in [0.05, 0.1) is 6.10 Å². The SMILES string of the molecule is Cl.NCc1ccc(C(=O)N2CCC(OCCCc3ccccc3)C2)cc1. The van der Waals surface area contributed by atoms with Crippen LogP contribution in [0.5, 0.6) is 0 Å². The second kappa shape index (κ2) is 10.3. The number of nitrogens with zero attached hydrogens (tertiary/aromatic N) is 1. The molecule has 1 fully saturated rings. The van der Waals surface area contributed by atoms with Crippen molar-refractivity contribution in [1.29, 1.82) is 0 Å². The third kappa shape index (κ3) is 5.56. The Morgan fingerprint density at radius 1 is 1.08 bits per heavy atom. The van der Waals surface area contributed by atoms with E-state index in [0.717, 1.165) is 43.5 Å². The second-order valence-corrected chi connectivity index (χ2v) is 6.52. The van der Waals surface area contributed by atoms with Crippen LogP contribution in [0.4, 0.5) is 0 Å². The van der Waals surface area contributed by atoms with Gasteiger partial charge in [-0.05, 0) is 42.5 Å². The van der Waals surface area contributed by atoms with Gasteiger partial charge < -0.3 is 15.4 Å². The molecule has 1 heterocycles. The van der Waals surface area contributed by atoms with E-state index in [1.807, 2.05) is 35.2 Å². The average Bonchev–Trinajstić information content (AvgIpc) is 3.14. The van der Waals surface area contributed by atoms with Gasteiger partial charge in [-0.25, -0.2) is 0 Å². The van der Waals surface area contributed by atoms with Gasteiger partial charge in [0.15, 0.2) is 0 Å². The Kier molecular flexibility index (Phi) is 8.10. The number of rotatable bonds is 7. The monoisotopic (exact) mass is 374 g/mol. The number of likely N-dealkylation sites (tertiary alicyclic amines) is 1. The van der Waals surface area contributed by atoms with Crippen LogP contribution in [-0.2, 0) is 17.7 Å². The number of benzene rings is 2. The molecule has 1 amide bonds. The molecular weight excluding hydrogens is 348 g/mol. The Bertz CT molecular complexity index is 676. The summed E-state index contributed by atoms with van der Waals surface area (Å²) < 4.78 is 5.97. The molecule has 2 aromatic carbocycles. The van der Waals surface area contributed by atoms with Crippen molar-refractivity contribution in [3.8, 4) is 0 Å². The number of carbonyl (C=O) groups excluding carboxylic acids is 1. The highest BCUT2D eigenvalue weighted by atomic mass is 35.5.